The Morgan fingerprint density at radius 2 is 1.94 bits per heavy atom. The number of rotatable bonds is 1. The molecule has 0 aromatic heterocycles. The minimum Gasteiger partial charge on any atom is -0.505 e. The molecule has 0 fully saturated rings. The van der Waals surface area contributed by atoms with Crippen LogP contribution in [0.1, 0.15) is 35.3 Å². The van der Waals surface area contributed by atoms with Crippen LogP contribution in [0.3, 0.4) is 0 Å². The number of fused-ring (bicyclic) bond motifs is 1. The van der Waals surface area contributed by atoms with E-state index >= 15 is 0 Å². The van der Waals surface area contributed by atoms with Crippen molar-refractivity contribution in [1.82, 2.24) is 0 Å². The Labute approximate surface area is 100 Å². The molecule has 0 radical (unpaired) electrons. The van der Waals surface area contributed by atoms with E-state index in [1.165, 1.54) is 0 Å². The van der Waals surface area contributed by atoms with Crippen LogP contribution < -0.4 is 5.73 Å². The fraction of sp³-hybridized carbons (Fsp3) is 0.214. The topological polar surface area (TPSA) is 63.3 Å². The second-order valence-electron chi connectivity index (χ2n) is 4.84. The summed E-state index contributed by atoms with van der Waals surface area (Å²) < 4.78 is 0. The molecular weight excluding hydrogens is 214 g/mol. The second kappa shape index (κ2) is 3.77. The van der Waals surface area contributed by atoms with E-state index in [9.17, 15) is 9.90 Å². The molecule has 3 nitrogen and oxygen atoms in total. The van der Waals surface area contributed by atoms with Crippen LogP contribution >= 0.6 is 0 Å². The van der Waals surface area contributed by atoms with E-state index in [0.29, 0.717) is 6.29 Å². The van der Waals surface area contributed by atoms with Crippen molar-refractivity contribution in [2.75, 3.05) is 5.73 Å². The molecule has 0 unspecified atom stereocenters. The number of carbonyl (C=O) groups is 1. The maximum Gasteiger partial charge on any atom is 0.153 e. The van der Waals surface area contributed by atoms with Gasteiger partial charge in [-0.25, -0.2) is 0 Å². The number of aldehydes is 1. The van der Waals surface area contributed by atoms with Crippen LogP contribution in [0, 0.1) is 5.41 Å². The summed E-state index contributed by atoms with van der Waals surface area (Å²) in [7, 11) is 0. The molecule has 0 amide bonds. The van der Waals surface area contributed by atoms with E-state index in [4.69, 9.17) is 5.73 Å². The van der Waals surface area contributed by atoms with Crippen LogP contribution in [-0.4, -0.2) is 11.4 Å². The highest BCUT2D eigenvalue weighted by molar-refractivity contribution is 5.90. The van der Waals surface area contributed by atoms with Gasteiger partial charge < -0.3 is 10.8 Å². The average Bonchev–Trinajstić information content (AvgIpc) is 2.43. The lowest BCUT2D eigenvalue weighted by molar-refractivity contribution is 0.112. The van der Waals surface area contributed by atoms with Gasteiger partial charge in [-0.15, -0.1) is 0 Å². The molecule has 88 valence electrons. The van der Waals surface area contributed by atoms with Gasteiger partial charge in [-0.2, -0.15) is 0 Å². The molecule has 1 aromatic carbocycles. The van der Waals surface area contributed by atoms with Crippen molar-refractivity contribution in [2.45, 2.75) is 13.8 Å². The number of aromatic hydroxyl groups is 1. The summed E-state index contributed by atoms with van der Waals surface area (Å²) in [6.45, 7) is 4.14. The van der Waals surface area contributed by atoms with Gasteiger partial charge in [-0.1, -0.05) is 38.2 Å². The third kappa shape index (κ3) is 1.96. The predicted octanol–water partition coefficient (Wildman–Crippen LogP) is 2.85. The number of nitrogens with two attached hydrogens (primary N) is 1. The lowest BCUT2D eigenvalue weighted by Gasteiger charge is -2.12. The predicted molar refractivity (Wildman–Crippen MR) is 69.8 cm³/mol. The van der Waals surface area contributed by atoms with E-state index in [2.05, 4.69) is 13.8 Å². The van der Waals surface area contributed by atoms with Crippen molar-refractivity contribution >= 4 is 24.1 Å². The second-order valence-corrected chi connectivity index (χ2v) is 4.84. The first-order valence-electron chi connectivity index (χ1n) is 5.44. The Morgan fingerprint density at radius 1 is 1.29 bits per heavy atom. The van der Waals surface area contributed by atoms with Gasteiger partial charge in [-0.05, 0) is 11.6 Å². The molecule has 0 saturated carbocycles. The number of hydrogen-bond acceptors (Lipinski definition) is 3. The quantitative estimate of drug-likeness (QED) is 0.442. The largest absolute Gasteiger partial charge is 0.505 e. The Kier molecular flexibility index (Phi) is 2.54. The van der Waals surface area contributed by atoms with Crippen LogP contribution in [0.25, 0.3) is 12.2 Å². The third-order valence-electron chi connectivity index (χ3n) is 2.94. The zero-order valence-corrected chi connectivity index (χ0v) is 9.90. The van der Waals surface area contributed by atoms with E-state index in [0.717, 1.165) is 11.1 Å². The molecule has 0 aliphatic heterocycles. The molecule has 3 heteroatoms. The van der Waals surface area contributed by atoms with Crippen LogP contribution in [-0.2, 0) is 0 Å². The summed E-state index contributed by atoms with van der Waals surface area (Å²) in [4.78, 5) is 10.8. The Balaban J connectivity index is 2.71. The lowest BCUT2D eigenvalue weighted by Crippen LogP contribution is -2.00. The smallest absolute Gasteiger partial charge is 0.153 e. The zero-order valence-electron chi connectivity index (χ0n) is 9.90. The van der Waals surface area contributed by atoms with Gasteiger partial charge >= 0.3 is 0 Å². The molecule has 0 saturated heterocycles. The molecule has 2 rings (SSSR count). The number of anilines is 1. The summed E-state index contributed by atoms with van der Waals surface area (Å²) in [6.07, 6.45) is 8.49. The molecule has 0 spiro atoms. The van der Waals surface area contributed by atoms with Crippen molar-refractivity contribution in [1.29, 1.82) is 0 Å². The summed E-state index contributed by atoms with van der Waals surface area (Å²) in [5.41, 5.74) is 7.86. The number of nitrogen functional groups attached to an aromatic ring is 1. The Hall–Kier alpha value is -2.03. The van der Waals surface area contributed by atoms with Crippen molar-refractivity contribution in [3.63, 3.8) is 0 Å². The van der Waals surface area contributed by atoms with Gasteiger partial charge in [0.1, 0.15) is 5.75 Å². The van der Waals surface area contributed by atoms with Gasteiger partial charge in [-0.3, -0.25) is 4.79 Å². The Morgan fingerprint density at radius 3 is 2.59 bits per heavy atom. The van der Waals surface area contributed by atoms with Crippen LogP contribution in [0.2, 0.25) is 0 Å². The van der Waals surface area contributed by atoms with Crippen molar-refractivity contribution < 1.29 is 9.90 Å². The highest BCUT2D eigenvalue weighted by Gasteiger charge is 2.17. The highest BCUT2D eigenvalue weighted by Crippen LogP contribution is 2.36. The maximum atomic E-state index is 10.8. The average molecular weight is 229 g/mol. The van der Waals surface area contributed by atoms with Gasteiger partial charge in [0, 0.05) is 11.0 Å². The zero-order chi connectivity index (χ0) is 12.6. The van der Waals surface area contributed by atoms with Gasteiger partial charge in [0.25, 0.3) is 0 Å². The molecule has 1 aliphatic carbocycles. The molecule has 3 N–H and O–H groups in total. The molecule has 0 bridgehead atoms. The van der Waals surface area contributed by atoms with Crippen molar-refractivity contribution in [2.24, 2.45) is 5.41 Å². The van der Waals surface area contributed by atoms with Gasteiger partial charge in [0.15, 0.2) is 6.29 Å². The molecule has 0 atom stereocenters. The lowest BCUT2D eigenvalue weighted by atomic mass is 9.93. The van der Waals surface area contributed by atoms with Crippen LogP contribution in [0.15, 0.2) is 18.2 Å². The molecule has 1 aliphatic rings. The Bertz CT molecular complexity index is 540. The molecular formula is C14H15NO2. The van der Waals surface area contributed by atoms with E-state index in [1.807, 2.05) is 24.3 Å². The molecule has 17 heavy (non-hydrogen) atoms. The fourth-order valence-electron chi connectivity index (χ4n) is 1.82. The summed E-state index contributed by atoms with van der Waals surface area (Å²) in [5.74, 6) is -0.142. The first kappa shape index (κ1) is 11.5. The number of allylic oxidation sites excluding steroid dienone is 2. The minimum absolute atomic E-state index is 0.0670. The normalized spacial score (nSPS) is 16.4. The first-order valence-corrected chi connectivity index (χ1v) is 5.44. The van der Waals surface area contributed by atoms with E-state index < -0.39 is 0 Å². The van der Waals surface area contributed by atoms with E-state index in [-0.39, 0.29) is 22.4 Å². The van der Waals surface area contributed by atoms with E-state index in [1.54, 1.807) is 6.07 Å². The minimum atomic E-state index is -0.142. The summed E-state index contributed by atoms with van der Waals surface area (Å²) >= 11 is 0. The third-order valence-corrected chi connectivity index (χ3v) is 2.94. The van der Waals surface area contributed by atoms with Gasteiger partial charge in [0.2, 0.25) is 0 Å². The van der Waals surface area contributed by atoms with Crippen molar-refractivity contribution in [3.05, 3.63) is 34.9 Å². The summed E-state index contributed by atoms with van der Waals surface area (Å²) in [5, 5.41) is 9.76. The number of benzene rings is 1. The summed E-state index contributed by atoms with van der Waals surface area (Å²) in [6, 6.07) is 1.65. The monoisotopic (exact) mass is 229 g/mol. The standard InChI is InChI=1S/C14H15NO2/c1-14(2)5-3-9-7-10(8-16)13(17)12(15)11(9)4-6-14/h3-8,17H,15H2,1-2H3. The number of carbonyl (C=O) groups excluding carboxylic acids is 1. The SMILES string of the molecule is CC1(C)C=Cc2cc(C=O)c(O)c(N)c2C=C1. The number of phenols is 1. The molecule has 1 aromatic rings. The van der Waals surface area contributed by atoms with Gasteiger partial charge in [0.05, 0.1) is 11.3 Å². The first-order chi connectivity index (χ1) is 7.94. The maximum absolute atomic E-state index is 10.8. The van der Waals surface area contributed by atoms with Crippen molar-refractivity contribution in [3.8, 4) is 5.75 Å². The number of phenolic OH excluding ortho intramolecular Hbond substituents is 1. The number of hydrogen-bond donors (Lipinski definition) is 2. The van der Waals surface area contributed by atoms with Crippen LogP contribution in [0.4, 0.5) is 5.69 Å². The van der Waals surface area contributed by atoms with Crippen LogP contribution in [0.5, 0.6) is 5.75 Å². The molecule has 0 heterocycles. The highest BCUT2D eigenvalue weighted by atomic mass is 16.3. The fourth-order valence-corrected chi connectivity index (χ4v) is 1.82.